The first kappa shape index (κ1) is 15.4. The number of carbonyl (C=O) groups is 1. The van der Waals surface area contributed by atoms with Gasteiger partial charge in [0.25, 0.3) is 11.5 Å². The third-order valence-electron chi connectivity index (χ3n) is 4.50. The number of hydrogen-bond donors (Lipinski definition) is 1. The number of carbonyl (C=O) groups excluding carboxylic acids is 1. The van der Waals surface area contributed by atoms with E-state index >= 15 is 0 Å². The van der Waals surface area contributed by atoms with Crippen LogP contribution in [0.5, 0.6) is 5.75 Å². The summed E-state index contributed by atoms with van der Waals surface area (Å²) in [6, 6.07) is 5.75. The van der Waals surface area contributed by atoms with Crippen LogP contribution in [-0.2, 0) is 13.1 Å². The molecule has 0 atom stereocenters. The molecule has 0 saturated heterocycles. The zero-order valence-electron chi connectivity index (χ0n) is 13.4. The van der Waals surface area contributed by atoms with Gasteiger partial charge in [-0.1, -0.05) is 12.1 Å². The highest BCUT2D eigenvalue weighted by Crippen LogP contribution is 2.32. The number of fused-ring (bicyclic) bond motifs is 3. The summed E-state index contributed by atoms with van der Waals surface area (Å²) in [4.78, 5) is 26.6. The lowest BCUT2D eigenvalue weighted by Crippen LogP contribution is -2.36. The molecular weight excluding hydrogens is 327 g/mol. The van der Waals surface area contributed by atoms with E-state index in [0.29, 0.717) is 24.2 Å². The summed E-state index contributed by atoms with van der Waals surface area (Å²) in [5, 5.41) is 14.7. The lowest BCUT2D eigenvalue weighted by atomic mass is 10.2. The molecule has 4 rings (SSSR count). The van der Waals surface area contributed by atoms with E-state index in [9.17, 15) is 19.1 Å². The summed E-state index contributed by atoms with van der Waals surface area (Å²) in [5.74, 6) is -1.00. The Morgan fingerprint density at radius 3 is 2.64 bits per heavy atom. The van der Waals surface area contributed by atoms with Gasteiger partial charge in [0.15, 0.2) is 11.4 Å². The predicted molar refractivity (Wildman–Crippen MR) is 88.1 cm³/mol. The number of hydrogen-bond acceptors (Lipinski definition) is 4. The van der Waals surface area contributed by atoms with Gasteiger partial charge in [-0.25, -0.2) is 9.07 Å². The maximum Gasteiger partial charge on any atom is 0.280 e. The summed E-state index contributed by atoms with van der Waals surface area (Å²) in [6.45, 7) is 1.12. The zero-order valence-corrected chi connectivity index (χ0v) is 13.4. The molecule has 1 aliphatic rings. The Morgan fingerprint density at radius 2 is 1.92 bits per heavy atom. The fourth-order valence-electron chi connectivity index (χ4n) is 3.13. The van der Waals surface area contributed by atoms with Crippen LogP contribution in [0.25, 0.3) is 10.9 Å². The maximum atomic E-state index is 13.0. The lowest BCUT2D eigenvalue weighted by molar-refractivity contribution is 0.0747. The van der Waals surface area contributed by atoms with E-state index < -0.39 is 5.56 Å². The Bertz CT molecular complexity index is 1050. The summed E-state index contributed by atoms with van der Waals surface area (Å²) < 4.78 is 15.8. The van der Waals surface area contributed by atoms with Gasteiger partial charge in [0, 0.05) is 20.1 Å². The van der Waals surface area contributed by atoms with Gasteiger partial charge in [0.1, 0.15) is 11.2 Å². The van der Waals surface area contributed by atoms with Crippen molar-refractivity contribution in [3.8, 4) is 5.75 Å². The first-order chi connectivity index (χ1) is 12.0. The number of nitrogens with zero attached hydrogens (tertiary/aromatic N) is 4. The molecular formula is C17H15FN4O3. The molecule has 0 radical (unpaired) electrons. The average molecular weight is 342 g/mol. The van der Waals surface area contributed by atoms with E-state index in [0.717, 1.165) is 0 Å². The molecule has 1 amide bonds. The molecule has 1 N–H and O–H groups in total. The lowest BCUT2D eigenvalue weighted by Gasteiger charge is -2.24. The van der Waals surface area contributed by atoms with Crippen LogP contribution >= 0.6 is 0 Å². The van der Waals surface area contributed by atoms with Gasteiger partial charge in [-0.2, -0.15) is 5.10 Å². The summed E-state index contributed by atoms with van der Waals surface area (Å²) >= 11 is 0. The van der Waals surface area contributed by atoms with Gasteiger partial charge in [-0.3, -0.25) is 9.59 Å². The van der Waals surface area contributed by atoms with Crippen LogP contribution in [0, 0.1) is 5.82 Å². The Balaban J connectivity index is 1.86. The third kappa shape index (κ3) is 2.29. The predicted octanol–water partition coefficient (Wildman–Crippen LogP) is 1.18. The molecule has 25 heavy (non-hydrogen) atoms. The number of likely N-dealkylation sites (N-methyl/N-ethyl adjacent to an activating group) is 1. The zero-order chi connectivity index (χ0) is 17.7. The quantitative estimate of drug-likeness (QED) is 0.758. The van der Waals surface area contributed by atoms with Crippen LogP contribution in [0.1, 0.15) is 16.1 Å². The smallest absolute Gasteiger partial charge is 0.280 e. The number of rotatable bonds is 2. The van der Waals surface area contributed by atoms with Gasteiger partial charge in [-0.05, 0) is 17.7 Å². The minimum atomic E-state index is -0.489. The summed E-state index contributed by atoms with van der Waals surface area (Å²) in [7, 11) is 1.65. The van der Waals surface area contributed by atoms with Crippen LogP contribution in [-0.4, -0.2) is 43.9 Å². The Morgan fingerprint density at radius 1 is 1.20 bits per heavy atom. The van der Waals surface area contributed by atoms with Crippen molar-refractivity contribution in [2.75, 3.05) is 13.6 Å². The highest BCUT2D eigenvalue weighted by Gasteiger charge is 2.30. The highest BCUT2D eigenvalue weighted by molar-refractivity contribution is 6.04. The molecule has 3 aromatic rings. The number of halogens is 1. The molecule has 1 aromatic carbocycles. The SMILES string of the molecule is CN1CCn2c(c(O)c3c(=O)n(Cc4ccc(F)cc4)ncc32)C1=O. The van der Waals surface area contributed by atoms with Crippen molar-refractivity contribution in [3.05, 3.63) is 57.9 Å². The summed E-state index contributed by atoms with van der Waals surface area (Å²) in [6.07, 6.45) is 1.47. The third-order valence-corrected chi connectivity index (χ3v) is 4.50. The van der Waals surface area contributed by atoms with E-state index in [4.69, 9.17) is 0 Å². The highest BCUT2D eigenvalue weighted by atomic mass is 19.1. The van der Waals surface area contributed by atoms with Crippen molar-refractivity contribution in [3.63, 3.8) is 0 Å². The fourth-order valence-corrected chi connectivity index (χ4v) is 3.13. The molecule has 3 heterocycles. The minimum absolute atomic E-state index is 0.0794. The van der Waals surface area contributed by atoms with E-state index in [-0.39, 0.29) is 35.1 Å². The van der Waals surface area contributed by atoms with Crippen molar-refractivity contribution >= 4 is 16.8 Å². The number of aromatic hydroxyl groups is 1. The van der Waals surface area contributed by atoms with Crippen molar-refractivity contribution in [2.24, 2.45) is 0 Å². The number of benzene rings is 1. The topological polar surface area (TPSA) is 80.4 Å². The minimum Gasteiger partial charge on any atom is -0.505 e. The summed E-state index contributed by atoms with van der Waals surface area (Å²) in [5.41, 5.74) is 0.766. The second kappa shape index (κ2) is 5.44. The molecule has 2 aromatic heterocycles. The standard InChI is InChI=1S/C17H15FN4O3/c1-20-6-7-21-12-8-19-22(9-10-2-4-11(18)5-3-10)16(24)13(12)15(23)14(21)17(20)25/h2-5,8,23H,6-7,9H2,1H3. The van der Waals surface area contributed by atoms with Gasteiger partial charge < -0.3 is 14.6 Å². The monoisotopic (exact) mass is 342 g/mol. The molecule has 0 unspecified atom stereocenters. The van der Waals surface area contributed by atoms with Gasteiger partial charge in [-0.15, -0.1) is 0 Å². The second-order valence-corrected chi connectivity index (χ2v) is 6.07. The molecule has 0 spiro atoms. The van der Waals surface area contributed by atoms with Gasteiger partial charge >= 0.3 is 0 Å². The van der Waals surface area contributed by atoms with E-state index in [2.05, 4.69) is 5.10 Å². The average Bonchev–Trinajstić information content (AvgIpc) is 2.89. The molecule has 0 bridgehead atoms. The van der Waals surface area contributed by atoms with Crippen LogP contribution < -0.4 is 5.56 Å². The molecule has 0 fully saturated rings. The van der Waals surface area contributed by atoms with Gasteiger partial charge in [0.2, 0.25) is 0 Å². The Labute approximate surface area is 141 Å². The van der Waals surface area contributed by atoms with E-state index in [1.54, 1.807) is 23.7 Å². The van der Waals surface area contributed by atoms with Crippen LogP contribution in [0.2, 0.25) is 0 Å². The van der Waals surface area contributed by atoms with Crippen molar-refractivity contribution in [1.82, 2.24) is 19.2 Å². The van der Waals surface area contributed by atoms with Gasteiger partial charge in [0.05, 0.1) is 18.3 Å². The fraction of sp³-hybridized carbons (Fsp3) is 0.235. The number of aromatic nitrogens is 3. The normalized spacial score (nSPS) is 14.2. The Kier molecular flexibility index (Phi) is 3.34. The molecule has 8 heteroatoms. The maximum absolute atomic E-state index is 13.0. The van der Waals surface area contributed by atoms with Crippen molar-refractivity contribution in [1.29, 1.82) is 0 Å². The molecule has 0 saturated carbocycles. The van der Waals surface area contributed by atoms with Crippen LogP contribution in [0.15, 0.2) is 35.3 Å². The van der Waals surface area contributed by atoms with Crippen LogP contribution in [0.3, 0.4) is 0 Å². The van der Waals surface area contributed by atoms with Crippen molar-refractivity contribution < 1.29 is 14.3 Å². The molecule has 128 valence electrons. The first-order valence-corrected chi connectivity index (χ1v) is 7.78. The largest absolute Gasteiger partial charge is 0.505 e. The molecule has 0 aliphatic carbocycles. The van der Waals surface area contributed by atoms with Crippen molar-refractivity contribution in [2.45, 2.75) is 13.1 Å². The first-order valence-electron chi connectivity index (χ1n) is 7.78. The van der Waals surface area contributed by atoms with Crippen LogP contribution in [0.4, 0.5) is 4.39 Å². The molecule has 1 aliphatic heterocycles. The van der Waals surface area contributed by atoms with E-state index in [1.807, 2.05) is 0 Å². The Hall–Kier alpha value is -3.16. The second-order valence-electron chi connectivity index (χ2n) is 6.07. The number of amides is 1. The molecule has 7 nitrogen and oxygen atoms in total. The van der Waals surface area contributed by atoms with E-state index in [1.165, 1.54) is 27.9 Å².